The van der Waals surface area contributed by atoms with E-state index in [-0.39, 0.29) is 23.3 Å². The molecule has 1 aromatic rings. The molecule has 1 rings (SSSR count). The molecule has 4 nitrogen and oxygen atoms in total. The first kappa shape index (κ1) is 13.4. The van der Waals surface area contributed by atoms with Crippen molar-refractivity contribution in [1.82, 2.24) is 9.88 Å². The molecule has 0 aliphatic rings. The van der Waals surface area contributed by atoms with Crippen LogP contribution in [-0.4, -0.2) is 28.4 Å². The van der Waals surface area contributed by atoms with Gasteiger partial charge in [-0.3, -0.25) is 4.79 Å². The second-order valence-electron chi connectivity index (χ2n) is 4.15. The molecule has 0 saturated carbocycles. The van der Waals surface area contributed by atoms with Crippen LogP contribution in [0.5, 0.6) is 0 Å². The van der Waals surface area contributed by atoms with Crippen molar-refractivity contribution in [2.45, 2.75) is 33.2 Å². The van der Waals surface area contributed by atoms with Crippen LogP contribution in [-0.2, 0) is 0 Å². The molecule has 0 aliphatic carbocycles. The molecule has 5 heteroatoms. The maximum atomic E-state index is 13.7. The maximum Gasteiger partial charge on any atom is 0.257 e. The Balaban J connectivity index is 3.05. The van der Waals surface area contributed by atoms with Gasteiger partial charge in [-0.1, -0.05) is 6.92 Å². The zero-order valence-electron chi connectivity index (χ0n) is 10.4. The summed E-state index contributed by atoms with van der Waals surface area (Å²) in [7, 11) is 0. The minimum Gasteiger partial charge on any atom is -0.381 e. The third kappa shape index (κ3) is 2.93. The van der Waals surface area contributed by atoms with Gasteiger partial charge in [0.25, 0.3) is 5.91 Å². The average Bonchev–Trinajstić information content (AvgIpc) is 2.28. The predicted octanol–water partition coefficient (Wildman–Crippen LogP) is 2.06. The number of rotatable bonds is 4. The van der Waals surface area contributed by atoms with Crippen molar-refractivity contribution in [3.8, 4) is 0 Å². The van der Waals surface area contributed by atoms with E-state index in [4.69, 9.17) is 5.73 Å². The highest BCUT2D eigenvalue weighted by Crippen LogP contribution is 2.15. The highest BCUT2D eigenvalue weighted by Gasteiger charge is 2.22. The van der Waals surface area contributed by atoms with E-state index in [1.165, 1.54) is 12.3 Å². The van der Waals surface area contributed by atoms with Crippen LogP contribution in [0.4, 0.5) is 10.2 Å². The monoisotopic (exact) mass is 239 g/mol. The number of hydrogen-bond donors (Lipinski definition) is 1. The van der Waals surface area contributed by atoms with Crippen LogP contribution in [0.15, 0.2) is 12.3 Å². The third-order valence-electron chi connectivity index (χ3n) is 2.50. The fraction of sp³-hybridized carbons (Fsp3) is 0.500. The van der Waals surface area contributed by atoms with E-state index in [0.717, 1.165) is 6.42 Å². The van der Waals surface area contributed by atoms with Crippen LogP contribution < -0.4 is 5.73 Å². The molecule has 94 valence electrons. The molecule has 0 aromatic carbocycles. The molecule has 0 atom stereocenters. The van der Waals surface area contributed by atoms with Crippen molar-refractivity contribution in [2.75, 3.05) is 12.3 Å². The van der Waals surface area contributed by atoms with Gasteiger partial charge >= 0.3 is 0 Å². The number of anilines is 1. The lowest BCUT2D eigenvalue weighted by atomic mass is 10.2. The number of pyridine rings is 1. The molecule has 0 fully saturated rings. The maximum absolute atomic E-state index is 13.7. The summed E-state index contributed by atoms with van der Waals surface area (Å²) in [6.45, 7) is 6.37. The molecular formula is C12H18FN3O. The Kier molecular flexibility index (Phi) is 4.43. The molecule has 17 heavy (non-hydrogen) atoms. The van der Waals surface area contributed by atoms with Gasteiger partial charge in [-0.25, -0.2) is 9.37 Å². The summed E-state index contributed by atoms with van der Waals surface area (Å²) in [6.07, 6.45) is 2.17. The van der Waals surface area contributed by atoms with Gasteiger partial charge in [0, 0.05) is 18.8 Å². The third-order valence-corrected chi connectivity index (χ3v) is 2.50. The van der Waals surface area contributed by atoms with Gasteiger partial charge in [0.15, 0.2) is 11.6 Å². The van der Waals surface area contributed by atoms with Gasteiger partial charge in [-0.2, -0.15) is 0 Å². The topological polar surface area (TPSA) is 59.2 Å². The summed E-state index contributed by atoms with van der Waals surface area (Å²) in [4.78, 5) is 17.4. The van der Waals surface area contributed by atoms with E-state index >= 15 is 0 Å². The van der Waals surface area contributed by atoms with E-state index in [1.807, 2.05) is 20.8 Å². The Morgan fingerprint density at radius 1 is 1.59 bits per heavy atom. The Bertz CT molecular complexity index is 407. The molecule has 1 heterocycles. The first-order valence-electron chi connectivity index (χ1n) is 5.70. The summed E-state index contributed by atoms with van der Waals surface area (Å²) in [5.41, 5.74) is 5.34. The van der Waals surface area contributed by atoms with Gasteiger partial charge in [0.05, 0.1) is 5.56 Å². The average molecular weight is 239 g/mol. The molecule has 0 bridgehead atoms. The van der Waals surface area contributed by atoms with Crippen LogP contribution in [0.25, 0.3) is 0 Å². The number of amides is 1. The summed E-state index contributed by atoms with van der Waals surface area (Å²) in [6, 6.07) is 1.38. The van der Waals surface area contributed by atoms with Crippen LogP contribution in [0, 0.1) is 5.82 Å². The van der Waals surface area contributed by atoms with Crippen molar-refractivity contribution in [3.05, 3.63) is 23.6 Å². The molecule has 2 N–H and O–H groups in total. The van der Waals surface area contributed by atoms with Crippen LogP contribution in [0.2, 0.25) is 0 Å². The molecule has 1 amide bonds. The Hall–Kier alpha value is -1.65. The summed E-state index contributed by atoms with van der Waals surface area (Å²) >= 11 is 0. The smallest absolute Gasteiger partial charge is 0.257 e. The minimum absolute atomic E-state index is 0.0142. The summed E-state index contributed by atoms with van der Waals surface area (Å²) in [5, 5.41) is 0. The Morgan fingerprint density at radius 2 is 2.24 bits per heavy atom. The van der Waals surface area contributed by atoms with Crippen LogP contribution in [0.1, 0.15) is 37.6 Å². The number of hydrogen-bond acceptors (Lipinski definition) is 3. The van der Waals surface area contributed by atoms with Gasteiger partial charge in [0.2, 0.25) is 0 Å². The molecule has 0 spiro atoms. The number of aromatic nitrogens is 1. The van der Waals surface area contributed by atoms with E-state index in [2.05, 4.69) is 4.98 Å². The molecule has 0 radical (unpaired) electrons. The number of nitrogen functional groups attached to an aromatic ring is 1. The summed E-state index contributed by atoms with van der Waals surface area (Å²) in [5.74, 6) is -1.32. The SMILES string of the molecule is CCCN(C(=O)c1ccnc(N)c1F)C(C)C. The molecule has 0 aliphatic heterocycles. The largest absolute Gasteiger partial charge is 0.381 e. The zero-order valence-corrected chi connectivity index (χ0v) is 10.4. The molecular weight excluding hydrogens is 221 g/mol. The van der Waals surface area contributed by atoms with Gasteiger partial charge in [-0.05, 0) is 26.3 Å². The van der Waals surface area contributed by atoms with E-state index in [9.17, 15) is 9.18 Å². The highest BCUT2D eigenvalue weighted by molar-refractivity contribution is 5.95. The Morgan fingerprint density at radius 3 is 2.76 bits per heavy atom. The van der Waals surface area contributed by atoms with Crippen molar-refractivity contribution in [2.24, 2.45) is 0 Å². The lowest BCUT2D eigenvalue weighted by molar-refractivity contribution is 0.0701. The zero-order chi connectivity index (χ0) is 13.0. The lowest BCUT2D eigenvalue weighted by Gasteiger charge is -2.26. The standard InChI is InChI=1S/C12H18FN3O/c1-4-7-16(8(2)3)12(17)9-5-6-15-11(14)10(9)13/h5-6,8H,4,7H2,1-3H3,(H2,14,15). The van der Waals surface area contributed by atoms with Crippen molar-refractivity contribution < 1.29 is 9.18 Å². The van der Waals surface area contributed by atoms with Crippen LogP contribution >= 0.6 is 0 Å². The van der Waals surface area contributed by atoms with Crippen LogP contribution in [0.3, 0.4) is 0 Å². The van der Waals surface area contributed by atoms with E-state index < -0.39 is 5.82 Å². The molecule has 0 unspecified atom stereocenters. The molecule has 1 aromatic heterocycles. The summed E-state index contributed by atoms with van der Waals surface area (Å²) < 4.78 is 13.7. The second-order valence-corrected chi connectivity index (χ2v) is 4.15. The minimum atomic E-state index is -0.737. The van der Waals surface area contributed by atoms with Crippen molar-refractivity contribution in [3.63, 3.8) is 0 Å². The van der Waals surface area contributed by atoms with Gasteiger partial charge in [0.1, 0.15) is 0 Å². The first-order chi connectivity index (χ1) is 7.99. The quantitative estimate of drug-likeness (QED) is 0.875. The number of halogens is 1. The van der Waals surface area contributed by atoms with Gasteiger partial charge in [-0.15, -0.1) is 0 Å². The van der Waals surface area contributed by atoms with Crippen molar-refractivity contribution in [1.29, 1.82) is 0 Å². The number of nitrogens with two attached hydrogens (primary N) is 1. The first-order valence-corrected chi connectivity index (χ1v) is 5.70. The molecule has 0 saturated heterocycles. The van der Waals surface area contributed by atoms with E-state index in [1.54, 1.807) is 4.90 Å². The van der Waals surface area contributed by atoms with Gasteiger partial charge < -0.3 is 10.6 Å². The number of nitrogens with zero attached hydrogens (tertiary/aromatic N) is 2. The predicted molar refractivity (Wildman–Crippen MR) is 65.1 cm³/mol. The second kappa shape index (κ2) is 5.61. The lowest BCUT2D eigenvalue weighted by Crippen LogP contribution is -2.38. The highest BCUT2D eigenvalue weighted by atomic mass is 19.1. The Labute approximate surface area is 101 Å². The number of carbonyl (C=O) groups is 1. The normalized spacial score (nSPS) is 10.6. The van der Waals surface area contributed by atoms with E-state index in [0.29, 0.717) is 6.54 Å². The number of carbonyl (C=O) groups excluding carboxylic acids is 1. The fourth-order valence-electron chi connectivity index (χ4n) is 1.61. The fourth-order valence-corrected chi connectivity index (χ4v) is 1.61. The van der Waals surface area contributed by atoms with Crippen molar-refractivity contribution >= 4 is 11.7 Å².